The molecule has 0 atom stereocenters. The Labute approximate surface area is 178 Å². The molecule has 30 heavy (non-hydrogen) atoms. The molecule has 0 unspecified atom stereocenters. The normalized spacial score (nSPS) is 10.6. The first-order chi connectivity index (χ1) is 14.6. The first-order valence-corrected chi connectivity index (χ1v) is 9.71. The molecule has 0 saturated heterocycles. The van der Waals surface area contributed by atoms with Gasteiger partial charge in [-0.3, -0.25) is 4.79 Å². The van der Waals surface area contributed by atoms with Gasteiger partial charge in [-0.1, -0.05) is 36.4 Å². The van der Waals surface area contributed by atoms with Crippen LogP contribution in [-0.2, 0) is 11.2 Å². The highest BCUT2D eigenvalue weighted by molar-refractivity contribution is 7.80. The summed E-state index contributed by atoms with van der Waals surface area (Å²) in [5, 5.41) is 5.96. The average Bonchev–Trinajstić information content (AvgIpc) is 3.17. The van der Waals surface area contributed by atoms with E-state index < -0.39 is 0 Å². The number of ether oxygens (including phenoxy) is 1. The van der Waals surface area contributed by atoms with E-state index in [0.717, 1.165) is 22.6 Å². The number of methoxy groups -OCH3 is 1. The molecule has 0 bridgehead atoms. The van der Waals surface area contributed by atoms with Crippen molar-refractivity contribution < 1.29 is 13.9 Å². The summed E-state index contributed by atoms with van der Waals surface area (Å²) < 4.78 is 11.1. The van der Waals surface area contributed by atoms with Crippen molar-refractivity contribution in [2.24, 2.45) is 0 Å². The van der Waals surface area contributed by atoms with Gasteiger partial charge in [0.05, 0.1) is 13.5 Å². The lowest BCUT2D eigenvalue weighted by atomic mass is 10.1. The van der Waals surface area contributed by atoms with Crippen LogP contribution in [0.25, 0.3) is 22.6 Å². The monoisotopic (exact) mass is 417 g/mol. The number of fused-ring (bicyclic) bond motifs is 1. The van der Waals surface area contributed by atoms with Gasteiger partial charge in [-0.15, -0.1) is 0 Å². The first kappa shape index (κ1) is 19.6. The molecule has 3 aromatic carbocycles. The summed E-state index contributed by atoms with van der Waals surface area (Å²) in [7, 11) is 1.61. The second kappa shape index (κ2) is 8.75. The molecular formula is C23H19N3O3S. The Bertz CT molecular complexity index is 1200. The largest absolute Gasteiger partial charge is 0.497 e. The summed E-state index contributed by atoms with van der Waals surface area (Å²) in [6.45, 7) is 0. The predicted octanol–water partition coefficient (Wildman–Crippen LogP) is 4.56. The van der Waals surface area contributed by atoms with Crippen LogP contribution in [0.15, 0.2) is 77.2 Å². The summed E-state index contributed by atoms with van der Waals surface area (Å²) in [4.78, 5) is 16.7. The molecule has 0 spiro atoms. The molecule has 1 heterocycles. The lowest BCUT2D eigenvalue weighted by molar-refractivity contribution is -0.119. The van der Waals surface area contributed by atoms with Crippen molar-refractivity contribution in [3.05, 3.63) is 78.4 Å². The molecule has 0 aliphatic carbocycles. The molecule has 0 fully saturated rings. The van der Waals surface area contributed by atoms with Gasteiger partial charge < -0.3 is 19.8 Å². The number of benzene rings is 3. The fourth-order valence-electron chi connectivity index (χ4n) is 3.00. The van der Waals surface area contributed by atoms with Crippen LogP contribution in [-0.4, -0.2) is 23.1 Å². The number of aromatic nitrogens is 1. The van der Waals surface area contributed by atoms with Crippen LogP contribution < -0.4 is 15.4 Å². The Kier molecular flexibility index (Phi) is 5.72. The molecule has 2 N–H and O–H groups in total. The van der Waals surface area contributed by atoms with Crippen molar-refractivity contribution in [2.45, 2.75) is 6.42 Å². The van der Waals surface area contributed by atoms with Gasteiger partial charge in [0.15, 0.2) is 10.7 Å². The van der Waals surface area contributed by atoms with E-state index >= 15 is 0 Å². The lowest BCUT2D eigenvalue weighted by Gasteiger charge is -2.10. The summed E-state index contributed by atoms with van der Waals surface area (Å²) in [6, 6.07) is 22.4. The van der Waals surface area contributed by atoms with Crippen molar-refractivity contribution in [3.8, 4) is 17.2 Å². The number of hydrogen-bond acceptors (Lipinski definition) is 5. The lowest BCUT2D eigenvalue weighted by Crippen LogP contribution is -2.35. The summed E-state index contributed by atoms with van der Waals surface area (Å²) in [5.41, 5.74) is 3.82. The maximum Gasteiger partial charge on any atom is 0.230 e. The van der Waals surface area contributed by atoms with Gasteiger partial charge in [-0.25, -0.2) is 4.98 Å². The molecule has 0 radical (unpaired) electrons. The maximum atomic E-state index is 12.2. The van der Waals surface area contributed by atoms with Gasteiger partial charge >= 0.3 is 0 Å². The van der Waals surface area contributed by atoms with E-state index in [0.29, 0.717) is 17.0 Å². The van der Waals surface area contributed by atoms with E-state index in [-0.39, 0.29) is 17.4 Å². The Balaban J connectivity index is 1.44. The molecule has 4 aromatic rings. The number of nitrogens with one attached hydrogen (secondary N) is 2. The highest BCUT2D eigenvalue weighted by atomic mass is 32.1. The highest BCUT2D eigenvalue weighted by Crippen LogP contribution is 2.28. The zero-order valence-electron chi connectivity index (χ0n) is 16.2. The molecular weight excluding hydrogens is 398 g/mol. The molecule has 4 rings (SSSR count). The highest BCUT2D eigenvalue weighted by Gasteiger charge is 2.11. The van der Waals surface area contributed by atoms with E-state index in [1.165, 1.54) is 0 Å². The van der Waals surface area contributed by atoms with E-state index in [4.69, 9.17) is 21.4 Å². The third-order valence-electron chi connectivity index (χ3n) is 4.42. The number of oxazole rings is 1. The number of nitrogens with zero attached hydrogens (tertiary/aromatic N) is 1. The zero-order valence-corrected chi connectivity index (χ0v) is 17.0. The number of carbonyl (C=O) groups is 1. The summed E-state index contributed by atoms with van der Waals surface area (Å²) in [6.07, 6.45) is 0.259. The summed E-state index contributed by atoms with van der Waals surface area (Å²) in [5.74, 6) is 1.03. The van der Waals surface area contributed by atoms with Crippen molar-refractivity contribution in [1.29, 1.82) is 0 Å². The van der Waals surface area contributed by atoms with Gasteiger partial charge in [0.2, 0.25) is 11.8 Å². The zero-order chi connectivity index (χ0) is 20.9. The van der Waals surface area contributed by atoms with E-state index in [2.05, 4.69) is 15.6 Å². The Morgan fingerprint density at radius 3 is 2.70 bits per heavy atom. The molecule has 0 aliphatic rings. The minimum atomic E-state index is -0.178. The van der Waals surface area contributed by atoms with E-state index in [9.17, 15) is 4.79 Å². The van der Waals surface area contributed by atoms with Gasteiger partial charge in [0.1, 0.15) is 11.3 Å². The van der Waals surface area contributed by atoms with Crippen molar-refractivity contribution in [1.82, 2.24) is 10.3 Å². The van der Waals surface area contributed by atoms with Crippen LogP contribution in [0.1, 0.15) is 5.56 Å². The van der Waals surface area contributed by atoms with Crippen molar-refractivity contribution >= 4 is 40.0 Å². The van der Waals surface area contributed by atoms with Crippen LogP contribution in [0.2, 0.25) is 0 Å². The second-order valence-corrected chi connectivity index (χ2v) is 7.01. The van der Waals surface area contributed by atoms with E-state index in [1.54, 1.807) is 7.11 Å². The van der Waals surface area contributed by atoms with Crippen LogP contribution >= 0.6 is 12.2 Å². The number of carbonyl (C=O) groups excluding carboxylic acids is 1. The van der Waals surface area contributed by atoms with Crippen molar-refractivity contribution in [2.75, 3.05) is 12.4 Å². The number of hydrogen-bond donors (Lipinski definition) is 2. The maximum absolute atomic E-state index is 12.2. The molecule has 6 nitrogen and oxygen atoms in total. The first-order valence-electron chi connectivity index (χ1n) is 9.30. The fraction of sp³-hybridized carbons (Fsp3) is 0.0870. The molecule has 1 amide bonds. The molecule has 150 valence electrons. The molecule has 0 saturated carbocycles. The van der Waals surface area contributed by atoms with Crippen LogP contribution in [0.3, 0.4) is 0 Å². The molecule has 1 aromatic heterocycles. The molecule has 7 heteroatoms. The Morgan fingerprint density at radius 1 is 1.07 bits per heavy atom. The van der Waals surface area contributed by atoms with Gasteiger partial charge in [0, 0.05) is 17.3 Å². The van der Waals surface area contributed by atoms with Gasteiger partial charge in [0.25, 0.3) is 0 Å². The van der Waals surface area contributed by atoms with Crippen molar-refractivity contribution in [3.63, 3.8) is 0 Å². The standard InChI is InChI=1S/C23H19N3O3S/c1-28-18-10-11-20-19(14-18)25-22(29-20)16-8-5-9-17(13-16)24-23(30)26-21(27)12-15-6-3-2-4-7-15/h2-11,13-14H,12H2,1H3,(H2,24,26,27,30). The predicted molar refractivity (Wildman–Crippen MR) is 121 cm³/mol. The minimum Gasteiger partial charge on any atom is -0.497 e. The number of anilines is 1. The van der Waals surface area contributed by atoms with E-state index in [1.807, 2.05) is 72.8 Å². The third-order valence-corrected chi connectivity index (χ3v) is 4.63. The third kappa shape index (κ3) is 4.64. The molecule has 0 aliphatic heterocycles. The SMILES string of the molecule is COc1ccc2oc(-c3cccc(NC(=S)NC(=O)Cc4ccccc4)c3)nc2c1. The summed E-state index contributed by atoms with van der Waals surface area (Å²) >= 11 is 5.27. The number of rotatable bonds is 5. The topological polar surface area (TPSA) is 76.4 Å². The average molecular weight is 417 g/mol. The van der Waals surface area contributed by atoms with Crippen LogP contribution in [0, 0.1) is 0 Å². The second-order valence-electron chi connectivity index (χ2n) is 6.60. The van der Waals surface area contributed by atoms with Gasteiger partial charge in [-0.05, 0) is 48.1 Å². The van der Waals surface area contributed by atoms with Gasteiger partial charge in [-0.2, -0.15) is 0 Å². The number of amides is 1. The van der Waals surface area contributed by atoms with Crippen LogP contribution in [0.5, 0.6) is 5.75 Å². The smallest absolute Gasteiger partial charge is 0.230 e. The quantitative estimate of drug-likeness (QED) is 0.464. The minimum absolute atomic E-state index is 0.178. The Hall–Kier alpha value is -3.71. The fourth-order valence-corrected chi connectivity index (χ4v) is 3.23. The van der Waals surface area contributed by atoms with Crippen LogP contribution in [0.4, 0.5) is 5.69 Å². The number of thiocarbonyl (C=S) groups is 1. The Morgan fingerprint density at radius 2 is 1.90 bits per heavy atom.